The Hall–Kier alpha value is -1.63. The molecule has 1 aromatic heterocycles. The van der Waals surface area contributed by atoms with Gasteiger partial charge in [-0.2, -0.15) is 0 Å². The topological polar surface area (TPSA) is 12.9 Å². The predicted molar refractivity (Wildman–Crippen MR) is 119 cm³/mol. The third kappa shape index (κ3) is 8.73. The van der Waals surface area contributed by atoms with Gasteiger partial charge < -0.3 is 0 Å². The zero-order chi connectivity index (χ0) is 19.2. The average Bonchev–Trinajstić information content (AvgIpc) is 2.71. The minimum absolute atomic E-state index is 1.09. The minimum atomic E-state index is 1.09. The molecule has 0 aliphatic rings. The third-order valence-electron chi connectivity index (χ3n) is 5.46. The molecule has 0 fully saturated rings. The van der Waals surface area contributed by atoms with Gasteiger partial charge in [-0.25, -0.2) is 0 Å². The molecule has 1 heteroatoms. The van der Waals surface area contributed by atoms with Crippen molar-refractivity contribution < 1.29 is 0 Å². The van der Waals surface area contributed by atoms with Crippen LogP contribution in [-0.4, -0.2) is 4.98 Å². The highest BCUT2D eigenvalue weighted by Gasteiger charge is 2.01. The van der Waals surface area contributed by atoms with Crippen LogP contribution in [0.25, 0.3) is 11.3 Å². The van der Waals surface area contributed by atoms with Crippen LogP contribution in [0.4, 0.5) is 0 Å². The van der Waals surface area contributed by atoms with E-state index in [-0.39, 0.29) is 0 Å². The summed E-state index contributed by atoms with van der Waals surface area (Å²) in [6.07, 6.45) is 19.3. The Morgan fingerprint density at radius 3 is 1.63 bits per heavy atom. The maximum absolute atomic E-state index is 4.70. The molecule has 0 radical (unpaired) electrons. The first kappa shape index (κ1) is 21.7. The summed E-state index contributed by atoms with van der Waals surface area (Å²) in [5.41, 5.74) is 5.15. The summed E-state index contributed by atoms with van der Waals surface area (Å²) in [6, 6.07) is 13.5. The van der Waals surface area contributed by atoms with Crippen LogP contribution >= 0.6 is 0 Å². The molecule has 0 bridgehead atoms. The Kier molecular flexibility index (Phi) is 10.9. The smallest absolute Gasteiger partial charge is 0.0702 e. The van der Waals surface area contributed by atoms with Gasteiger partial charge in [0.1, 0.15) is 0 Å². The second-order valence-corrected chi connectivity index (χ2v) is 7.93. The predicted octanol–water partition coefficient (Wildman–Crippen LogP) is 8.16. The van der Waals surface area contributed by atoms with Crippen molar-refractivity contribution >= 4 is 0 Å². The lowest BCUT2D eigenvalue weighted by Gasteiger charge is -2.06. The van der Waals surface area contributed by atoms with Crippen molar-refractivity contribution in [1.29, 1.82) is 0 Å². The monoisotopic (exact) mass is 365 g/mol. The quantitative estimate of drug-likeness (QED) is 0.308. The fourth-order valence-corrected chi connectivity index (χ4v) is 3.63. The summed E-state index contributed by atoms with van der Waals surface area (Å²) in [7, 11) is 0. The number of hydrogen-bond acceptors (Lipinski definition) is 1. The van der Waals surface area contributed by atoms with E-state index in [1.165, 1.54) is 93.7 Å². The molecule has 0 saturated heterocycles. The standard InChI is InChI=1S/C26H39N/c1-3-5-7-9-11-13-15-24-18-21-26(27-22-24)25-19-16-23(17-20-25)14-12-10-8-6-4-2/h16-22H,3-15H2,1-2H3. The first-order chi connectivity index (χ1) is 13.3. The average molecular weight is 366 g/mol. The van der Waals surface area contributed by atoms with E-state index in [2.05, 4.69) is 56.4 Å². The molecule has 27 heavy (non-hydrogen) atoms. The Morgan fingerprint density at radius 1 is 0.556 bits per heavy atom. The molecule has 2 aromatic rings. The summed E-state index contributed by atoms with van der Waals surface area (Å²) in [6.45, 7) is 4.54. The van der Waals surface area contributed by atoms with E-state index in [9.17, 15) is 0 Å². The van der Waals surface area contributed by atoms with Gasteiger partial charge >= 0.3 is 0 Å². The molecule has 0 amide bonds. The number of nitrogens with zero attached hydrogens (tertiary/aromatic N) is 1. The maximum Gasteiger partial charge on any atom is 0.0702 e. The molecule has 1 heterocycles. The van der Waals surface area contributed by atoms with Crippen LogP contribution in [0.3, 0.4) is 0 Å². The van der Waals surface area contributed by atoms with Crippen LogP contribution in [0.1, 0.15) is 95.6 Å². The summed E-state index contributed by atoms with van der Waals surface area (Å²) < 4.78 is 0. The van der Waals surface area contributed by atoms with Gasteiger partial charge in [-0.05, 0) is 42.9 Å². The first-order valence-electron chi connectivity index (χ1n) is 11.4. The fourth-order valence-electron chi connectivity index (χ4n) is 3.63. The van der Waals surface area contributed by atoms with Gasteiger partial charge in [0.25, 0.3) is 0 Å². The highest BCUT2D eigenvalue weighted by molar-refractivity contribution is 5.59. The molecule has 1 aromatic carbocycles. The van der Waals surface area contributed by atoms with Gasteiger partial charge in [-0.15, -0.1) is 0 Å². The first-order valence-corrected chi connectivity index (χ1v) is 11.4. The number of rotatable bonds is 14. The highest BCUT2D eigenvalue weighted by Crippen LogP contribution is 2.20. The van der Waals surface area contributed by atoms with Gasteiger partial charge in [0.05, 0.1) is 5.69 Å². The van der Waals surface area contributed by atoms with E-state index in [0.29, 0.717) is 0 Å². The van der Waals surface area contributed by atoms with E-state index in [0.717, 1.165) is 12.1 Å². The molecule has 0 aliphatic heterocycles. The second-order valence-electron chi connectivity index (χ2n) is 7.93. The molecule has 2 rings (SSSR count). The van der Waals surface area contributed by atoms with Crippen molar-refractivity contribution in [3.05, 3.63) is 53.7 Å². The molecule has 0 spiro atoms. The molecule has 0 saturated carbocycles. The third-order valence-corrected chi connectivity index (χ3v) is 5.46. The highest BCUT2D eigenvalue weighted by atomic mass is 14.7. The molecular formula is C26H39N. The second kappa shape index (κ2) is 13.5. The van der Waals surface area contributed by atoms with Crippen LogP contribution in [-0.2, 0) is 12.8 Å². The number of aromatic nitrogens is 1. The molecule has 1 nitrogen and oxygen atoms in total. The van der Waals surface area contributed by atoms with Crippen LogP contribution < -0.4 is 0 Å². The summed E-state index contributed by atoms with van der Waals surface area (Å²) in [4.78, 5) is 4.70. The van der Waals surface area contributed by atoms with Gasteiger partial charge in [-0.3, -0.25) is 4.98 Å². The lowest BCUT2D eigenvalue weighted by Crippen LogP contribution is -1.91. The van der Waals surface area contributed by atoms with E-state index in [4.69, 9.17) is 4.98 Å². The molecule has 0 N–H and O–H groups in total. The van der Waals surface area contributed by atoms with E-state index < -0.39 is 0 Å². The number of aryl methyl sites for hydroxylation is 2. The number of unbranched alkanes of at least 4 members (excludes halogenated alkanes) is 9. The molecule has 0 aliphatic carbocycles. The molecule has 148 valence electrons. The van der Waals surface area contributed by atoms with Crippen molar-refractivity contribution in [3.8, 4) is 11.3 Å². The Labute approximate surface area is 167 Å². The lowest BCUT2D eigenvalue weighted by molar-refractivity contribution is 0.607. The van der Waals surface area contributed by atoms with Crippen molar-refractivity contribution in [1.82, 2.24) is 4.98 Å². The molecule has 0 unspecified atom stereocenters. The zero-order valence-corrected chi connectivity index (χ0v) is 17.7. The van der Waals surface area contributed by atoms with Crippen LogP contribution in [0.15, 0.2) is 42.6 Å². The van der Waals surface area contributed by atoms with Crippen LogP contribution in [0.5, 0.6) is 0 Å². The SMILES string of the molecule is CCCCCCCCc1ccc(-c2ccc(CCCCCCC)cc2)nc1. The normalized spacial score (nSPS) is 11.0. The number of benzene rings is 1. The zero-order valence-electron chi connectivity index (χ0n) is 17.7. The van der Waals surface area contributed by atoms with Gasteiger partial charge in [-0.1, -0.05) is 102 Å². The molecular weight excluding hydrogens is 326 g/mol. The molecule has 0 atom stereocenters. The van der Waals surface area contributed by atoms with Crippen molar-refractivity contribution in [2.75, 3.05) is 0 Å². The summed E-state index contributed by atoms with van der Waals surface area (Å²) >= 11 is 0. The lowest BCUT2D eigenvalue weighted by atomic mass is 10.0. The maximum atomic E-state index is 4.70. The van der Waals surface area contributed by atoms with Gasteiger partial charge in [0.2, 0.25) is 0 Å². The van der Waals surface area contributed by atoms with Gasteiger partial charge in [0.15, 0.2) is 0 Å². The van der Waals surface area contributed by atoms with E-state index >= 15 is 0 Å². The summed E-state index contributed by atoms with van der Waals surface area (Å²) in [5, 5.41) is 0. The van der Waals surface area contributed by atoms with E-state index in [1.807, 2.05) is 0 Å². The van der Waals surface area contributed by atoms with Crippen molar-refractivity contribution in [3.63, 3.8) is 0 Å². The van der Waals surface area contributed by atoms with Crippen LogP contribution in [0.2, 0.25) is 0 Å². The van der Waals surface area contributed by atoms with Crippen LogP contribution in [0, 0.1) is 0 Å². The van der Waals surface area contributed by atoms with Gasteiger partial charge in [0, 0.05) is 11.8 Å². The Balaban J connectivity index is 1.74. The minimum Gasteiger partial charge on any atom is -0.256 e. The number of pyridine rings is 1. The number of hydrogen-bond donors (Lipinski definition) is 0. The van der Waals surface area contributed by atoms with Crippen molar-refractivity contribution in [2.24, 2.45) is 0 Å². The van der Waals surface area contributed by atoms with Crippen molar-refractivity contribution in [2.45, 2.75) is 97.3 Å². The Bertz CT molecular complexity index is 597. The van der Waals surface area contributed by atoms with E-state index in [1.54, 1.807) is 0 Å². The Morgan fingerprint density at radius 2 is 1.07 bits per heavy atom. The summed E-state index contributed by atoms with van der Waals surface area (Å²) in [5.74, 6) is 0. The fraction of sp³-hybridized carbons (Fsp3) is 0.577. The largest absolute Gasteiger partial charge is 0.256 e.